The van der Waals surface area contributed by atoms with Crippen LogP contribution in [0.25, 0.3) is 0 Å². The van der Waals surface area contributed by atoms with Gasteiger partial charge in [0.05, 0.1) is 0 Å². The summed E-state index contributed by atoms with van der Waals surface area (Å²) in [4.78, 5) is 0. The van der Waals surface area contributed by atoms with Gasteiger partial charge in [0.1, 0.15) is 0 Å². The molecule has 0 nitrogen and oxygen atoms in total. The maximum Gasteiger partial charge on any atom is -0.000620 e. The summed E-state index contributed by atoms with van der Waals surface area (Å²) < 4.78 is 0. The van der Waals surface area contributed by atoms with Crippen LogP contribution in [0.2, 0.25) is 0 Å². The molecule has 0 aliphatic rings. The Morgan fingerprint density at radius 1 is 0.733 bits per heavy atom. The molecule has 0 fully saturated rings. The molecule has 0 aromatic carbocycles. The van der Waals surface area contributed by atoms with Gasteiger partial charge in [0.2, 0.25) is 0 Å². The van der Waals surface area contributed by atoms with E-state index in [-0.39, 0.29) is 0 Å². The highest BCUT2D eigenvalue weighted by molar-refractivity contribution is 7.75. The van der Waals surface area contributed by atoms with Crippen LogP contribution >= 0.6 is 15.8 Å². The third-order valence-corrected chi connectivity index (χ3v) is 10.7. The Balaban J connectivity index is 4.38. The van der Waals surface area contributed by atoms with Crippen molar-refractivity contribution in [2.75, 3.05) is 24.6 Å². The van der Waals surface area contributed by atoms with E-state index in [1.807, 2.05) is 0 Å². The van der Waals surface area contributed by atoms with Crippen molar-refractivity contribution in [3.63, 3.8) is 0 Å². The number of unbranched alkanes of at least 4 members (excludes halogenated alkanes) is 1. The van der Waals surface area contributed by atoms with E-state index in [1.54, 1.807) is 0 Å². The molecule has 0 aliphatic carbocycles. The van der Waals surface area contributed by atoms with Crippen molar-refractivity contribution in [2.45, 2.75) is 59.3 Å². The molecule has 92 valence electrons. The van der Waals surface area contributed by atoms with Crippen molar-refractivity contribution >= 4 is 15.8 Å². The zero-order valence-corrected chi connectivity index (χ0v) is 13.2. The molecule has 0 heterocycles. The van der Waals surface area contributed by atoms with Gasteiger partial charge >= 0.3 is 0 Å². The quantitative estimate of drug-likeness (QED) is 0.469. The molecule has 0 N–H and O–H groups in total. The first-order valence-electron chi connectivity index (χ1n) is 6.73. The van der Waals surface area contributed by atoms with Gasteiger partial charge in [-0.1, -0.05) is 63.3 Å². The first kappa shape index (κ1) is 15.9. The highest BCUT2D eigenvalue weighted by Crippen LogP contribution is 2.59. The monoisotopic (exact) mass is 248 g/mol. The molecule has 0 amide bonds. The molecular weight excluding hydrogens is 218 g/mol. The zero-order valence-electron chi connectivity index (χ0n) is 11.4. The van der Waals surface area contributed by atoms with Crippen LogP contribution in [0, 0.1) is 0 Å². The van der Waals surface area contributed by atoms with E-state index < -0.39 is 0 Å². The van der Waals surface area contributed by atoms with Gasteiger partial charge < -0.3 is 0 Å². The number of hydrogen-bond acceptors (Lipinski definition) is 0. The van der Waals surface area contributed by atoms with E-state index in [0.29, 0.717) is 15.8 Å². The highest BCUT2D eigenvalue weighted by atomic mass is 31.2. The first-order chi connectivity index (χ1) is 7.24. The normalized spacial score (nSPS) is 12.0. The molecule has 0 unspecified atom stereocenters. The zero-order chi connectivity index (χ0) is 11.7. The molecule has 0 saturated heterocycles. The van der Waals surface area contributed by atoms with Gasteiger partial charge in [0.25, 0.3) is 0 Å². The van der Waals surface area contributed by atoms with Gasteiger partial charge in [0, 0.05) is 0 Å². The predicted molar refractivity (Wildman–Crippen MR) is 79.3 cm³/mol. The second-order valence-electron chi connectivity index (χ2n) is 4.07. The fraction of sp³-hybridized carbons (Fsp3) is 1.00. The molecule has 0 radical (unpaired) electrons. The SMILES string of the molecule is CCCCC(P(CC)CC)P(CC)CC. The van der Waals surface area contributed by atoms with E-state index in [1.165, 1.54) is 43.9 Å². The van der Waals surface area contributed by atoms with E-state index in [2.05, 4.69) is 34.6 Å². The molecule has 0 aromatic heterocycles. The maximum absolute atomic E-state index is 2.41. The van der Waals surface area contributed by atoms with Crippen LogP contribution in [-0.4, -0.2) is 30.0 Å². The Labute approximate surface area is 100 Å². The van der Waals surface area contributed by atoms with Crippen LogP contribution < -0.4 is 0 Å². The van der Waals surface area contributed by atoms with Gasteiger partial charge in [-0.2, -0.15) is 0 Å². The van der Waals surface area contributed by atoms with Crippen molar-refractivity contribution in [3.8, 4) is 0 Å². The van der Waals surface area contributed by atoms with E-state index in [9.17, 15) is 0 Å². The lowest BCUT2D eigenvalue weighted by molar-refractivity contribution is 0.754. The van der Waals surface area contributed by atoms with Crippen LogP contribution in [-0.2, 0) is 0 Å². The summed E-state index contributed by atoms with van der Waals surface area (Å²) in [6.07, 6.45) is 10.2. The van der Waals surface area contributed by atoms with Gasteiger partial charge in [-0.3, -0.25) is 0 Å². The van der Waals surface area contributed by atoms with E-state index >= 15 is 0 Å². The molecule has 0 spiro atoms. The maximum atomic E-state index is 2.41. The topological polar surface area (TPSA) is 0 Å². The first-order valence-corrected chi connectivity index (χ1v) is 10.3. The second-order valence-corrected chi connectivity index (χ2v) is 10.6. The Kier molecular flexibility index (Phi) is 10.6. The molecule has 15 heavy (non-hydrogen) atoms. The second kappa shape index (κ2) is 10.0. The van der Waals surface area contributed by atoms with Crippen molar-refractivity contribution in [3.05, 3.63) is 0 Å². The minimum atomic E-state index is 0.347. The molecule has 0 bridgehead atoms. The molecule has 0 aliphatic heterocycles. The Hall–Kier alpha value is 0.860. The molecule has 0 aromatic rings. The molecule has 0 saturated carbocycles. The lowest BCUT2D eigenvalue weighted by Crippen LogP contribution is -2.09. The molecule has 0 rings (SSSR count). The average Bonchev–Trinajstić information content (AvgIpc) is 2.28. The van der Waals surface area contributed by atoms with Crippen LogP contribution in [0.5, 0.6) is 0 Å². The van der Waals surface area contributed by atoms with Crippen LogP contribution in [0.3, 0.4) is 0 Å². The van der Waals surface area contributed by atoms with Crippen molar-refractivity contribution in [1.82, 2.24) is 0 Å². The largest absolute Gasteiger partial charge is 0.0997 e. The predicted octanol–water partition coefficient (Wildman–Crippen LogP) is 5.55. The van der Waals surface area contributed by atoms with Gasteiger partial charge in [-0.15, -0.1) is 0 Å². The third kappa shape index (κ3) is 5.65. The number of rotatable bonds is 9. The average molecular weight is 248 g/mol. The fourth-order valence-electron chi connectivity index (χ4n) is 2.27. The van der Waals surface area contributed by atoms with Gasteiger partial charge in [0.15, 0.2) is 0 Å². The summed E-state index contributed by atoms with van der Waals surface area (Å²) in [7, 11) is 0.693. The smallest absolute Gasteiger partial charge is 0.000620 e. The van der Waals surface area contributed by atoms with Gasteiger partial charge in [-0.25, -0.2) is 0 Å². The van der Waals surface area contributed by atoms with Crippen LogP contribution in [0.4, 0.5) is 0 Å². The standard InChI is InChI=1S/C13H30P2/c1-6-11-12-13(14(7-2)8-3)15(9-4)10-5/h13H,6-12H2,1-5H3. The van der Waals surface area contributed by atoms with Crippen LogP contribution in [0.15, 0.2) is 0 Å². The third-order valence-electron chi connectivity index (χ3n) is 3.28. The lowest BCUT2D eigenvalue weighted by atomic mass is 10.3. The Morgan fingerprint density at radius 2 is 1.13 bits per heavy atom. The van der Waals surface area contributed by atoms with Crippen molar-refractivity contribution in [1.29, 1.82) is 0 Å². The minimum absolute atomic E-state index is 0.347. The number of hydrogen-bond donors (Lipinski definition) is 0. The Bertz CT molecular complexity index is 116. The summed E-state index contributed by atoms with van der Waals surface area (Å²) in [6.45, 7) is 12.0. The summed E-state index contributed by atoms with van der Waals surface area (Å²) in [5.74, 6) is 0. The summed E-state index contributed by atoms with van der Waals surface area (Å²) in [5.41, 5.74) is 0. The van der Waals surface area contributed by atoms with E-state index in [0.717, 1.165) is 5.40 Å². The van der Waals surface area contributed by atoms with Crippen molar-refractivity contribution < 1.29 is 0 Å². The summed E-state index contributed by atoms with van der Waals surface area (Å²) in [5, 5.41) is 1.12. The van der Waals surface area contributed by atoms with Gasteiger partial charge in [-0.05, 0) is 36.5 Å². The minimum Gasteiger partial charge on any atom is -0.0997 e. The molecule has 2 heteroatoms. The lowest BCUT2D eigenvalue weighted by Gasteiger charge is -2.33. The molecule has 0 atom stereocenters. The fourth-order valence-corrected chi connectivity index (χ4v) is 9.76. The Morgan fingerprint density at radius 3 is 1.40 bits per heavy atom. The van der Waals surface area contributed by atoms with Crippen molar-refractivity contribution in [2.24, 2.45) is 0 Å². The highest BCUT2D eigenvalue weighted by Gasteiger charge is 2.23. The van der Waals surface area contributed by atoms with E-state index in [4.69, 9.17) is 0 Å². The summed E-state index contributed by atoms with van der Waals surface area (Å²) >= 11 is 0. The van der Waals surface area contributed by atoms with Crippen LogP contribution in [0.1, 0.15) is 53.9 Å². The molecular formula is C13H30P2. The summed E-state index contributed by atoms with van der Waals surface area (Å²) in [6, 6.07) is 0.